The molecule has 48 heavy (non-hydrogen) atoms. The van der Waals surface area contributed by atoms with E-state index in [9.17, 15) is 34.5 Å². The number of hydrogen-bond donors (Lipinski definition) is 3. The number of ketones is 3. The van der Waals surface area contributed by atoms with Gasteiger partial charge in [-0.3, -0.25) is 19.2 Å². The minimum absolute atomic E-state index is 0.0569. The lowest BCUT2D eigenvalue weighted by molar-refractivity contribution is -0.257. The number of esters is 1. The van der Waals surface area contributed by atoms with Crippen molar-refractivity contribution in [1.29, 1.82) is 0 Å². The standard InChI is InChI=1S/C37H42O11/c1-20-34(41)21(14-31(40)47-23-9-6-4-3-5-7-10-23)15-32(46-20)48-29-18-37(44,30(39)19-38)17-22-13-26-27(16-25(22)29)36(43)33-24(35(26)42)11-8-12-28(33)45-2/h6,8-9,11-13,16,20-21,23,29,32,34,38,41,44H,3-5,7,10,14-15,17-19H2,1-2H3/b9-6+/t20-,21+,23?,29-,32-,34+,37-/m0/s1. The van der Waals surface area contributed by atoms with E-state index in [0.717, 1.165) is 32.1 Å². The summed E-state index contributed by atoms with van der Waals surface area (Å²) >= 11 is 0. The van der Waals surface area contributed by atoms with E-state index < -0.39 is 66.0 Å². The summed E-state index contributed by atoms with van der Waals surface area (Å²) in [5.74, 6) is -2.34. The van der Waals surface area contributed by atoms with Crippen LogP contribution in [0.15, 0.2) is 42.5 Å². The summed E-state index contributed by atoms with van der Waals surface area (Å²) in [6, 6.07) is 7.85. The van der Waals surface area contributed by atoms with Crippen LogP contribution in [0.25, 0.3) is 0 Å². The predicted molar refractivity (Wildman–Crippen MR) is 171 cm³/mol. The average molecular weight is 663 g/mol. The maximum absolute atomic E-state index is 13.8. The second-order valence-electron chi connectivity index (χ2n) is 13.3. The van der Waals surface area contributed by atoms with E-state index in [-0.39, 0.29) is 59.8 Å². The quantitative estimate of drug-likeness (QED) is 0.238. The maximum Gasteiger partial charge on any atom is 0.306 e. The number of carbonyl (C=O) groups is 4. The molecule has 256 valence electrons. The lowest BCUT2D eigenvalue weighted by atomic mass is 9.73. The number of methoxy groups -OCH3 is 1. The largest absolute Gasteiger partial charge is 0.496 e. The summed E-state index contributed by atoms with van der Waals surface area (Å²) in [6.45, 7) is 0.763. The summed E-state index contributed by atoms with van der Waals surface area (Å²) in [6.07, 6.45) is 4.45. The minimum atomic E-state index is -2.02. The molecule has 6 rings (SSSR count). The van der Waals surface area contributed by atoms with Crippen molar-refractivity contribution in [3.8, 4) is 5.75 Å². The number of hydrogen-bond acceptors (Lipinski definition) is 11. The van der Waals surface area contributed by atoms with Crippen LogP contribution in [0.5, 0.6) is 5.75 Å². The third-order valence-corrected chi connectivity index (χ3v) is 10.1. The normalized spacial score (nSPS) is 30.6. The van der Waals surface area contributed by atoms with Gasteiger partial charge >= 0.3 is 5.97 Å². The van der Waals surface area contributed by atoms with Gasteiger partial charge in [-0.05, 0) is 68.0 Å². The van der Waals surface area contributed by atoms with Gasteiger partial charge in [0.05, 0.1) is 37.4 Å². The first kappa shape index (κ1) is 34.1. The van der Waals surface area contributed by atoms with Crippen molar-refractivity contribution >= 4 is 23.3 Å². The zero-order chi connectivity index (χ0) is 34.2. The maximum atomic E-state index is 13.8. The fourth-order valence-electron chi connectivity index (χ4n) is 7.46. The topological polar surface area (TPSA) is 166 Å². The number of ether oxygens (including phenoxy) is 4. The second kappa shape index (κ2) is 14.0. The molecule has 2 aromatic carbocycles. The van der Waals surface area contributed by atoms with E-state index in [4.69, 9.17) is 18.9 Å². The first-order valence-electron chi connectivity index (χ1n) is 16.7. The van der Waals surface area contributed by atoms with Crippen LogP contribution in [0, 0.1) is 5.92 Å². The minimum Gasteiger partial charge on any atom is -0.496 e. The molecule has 3 aliphatic carbocycles. The third kappa shape index (κ3) is 6.62. The van der Waals surface area contributed by atoms with Crippen LogP contribution in [0.4, 0.5) is 0 Å². The molecule has 2 aromatic rings. The van der Waals surface area contributed by atoms with E-state index in [1.54, 1.807) is 31.2 Å². The molecule has 4 aliphatic rings. The summed E-state index contributed by atoms with van der Waals surface area (Å²) in [4.78, 5) is 53.2. The Morgan fingerprint density at radius 1 is 1.06 bits per heavy atom. The van der Waals surface area contributed by atoms with Gasteiger partial charge in [0, 0.05) is 41.9 Å². The van der Waals surface area contributed by atoms with E-state index in [1.165, 1.54) is 13.2 Å². The van der Waals surface area contributed by atoms with Gasteiger partial charge in [0.2, 0.25) is 0 Å². The predicted octanol–water partition coefficient (Wildman–Crippen LogP) is 3.70. The highest BCUT2D eigenvalue weighted by Gasteiger charge is 2.47. The van der Waals surface area contributed by atoms with Crippen LogP contribution in [-0.2, 0) is 30.2 Å². The van der Waals surface area contributed by atoms with E-state index in [1.807, 2.05) is 12.2 Å². The van der Waals surface area contributed by atoms with Gasteiger partial charge in [0.25, 0.3) is 0 Å². The van der Waals surface area contributed by atoms with Gasteiger partial charge in [-0.2, -0.15) is 0 Å². The fourth-order valence-corrected chi connectivity index (χ4v) is 7.46. The summed E-state index contributed by atoms with van der Waals surface area (Å²) < 4.78 is 23.6. The van der Waals surface area contributed by atoms with Crippen LogP contribution < -0.4 is 4.74 Å². The first-order valence-corrected chi connectivity index (χ1v) is 16.7. The number of carbonyl (C=O) groups excluding carboxylic acids is 4. The Morgan fingerprint density at radius 2 is 1.85 bits per heavy atom. The van der Waals surface area contributed by atoms with Crippen molar-refractivity contribution in [3.63, 3.8) is 0 Å². The SMILES string of the molecule is COc1cccc2c1C(=O)c1cc3c(cc1C2=O)C[C@@](O)(C(=O)CO)C[C@@H]3O[C@H]1C[C@@H](CC(=O)OC2/C=C/CCCCC2)[C@H](O)[C@H](C)O1. The van der Waals surface area contributed by atoms with Crippen LogP contribution in [-0.4, -0.2) is 82.6 Å². The molecule has 1 unspecified atom stereocenters. The molecule has 0 aromatic heterocycles. The van der Waals surface area contributed by atoms with Crippen LogP contribution >= 0.6 is 0 Å². The Kier molecular flexibility index (Phi) is 9.96. The van der Waals surface area contributed by atoms with Gasteiger partial charge in [0.15, 0.2) is 23.6 Å². The van der Waals surface area contributed by atoms with Crippen molar-refractivity contribution in [1.82, 2.24) is 0 Å². The summed E-state index contributed by atoms with van der Waals surface area (Å²) in [5, 5.41) is 32.1. The molecule has 1 aliphatic heterocycles. The van der Waals surface area contributed by atoms with Crippen LogP contribution in [0.3, 0.4) is 0 Å². The molecule has 1 fully saturated rings. The highest BCUT2D eigenvalue weighted by Crippen LogP contribution is 2.44. The Hall–Kier alpha value is -3.74. The number of fused-ring (bicyclic) bond motifs is 3. The van der Waals surface area contributed by atoms with Gasteiger partial charge in [-0.15, -0.1) is 0 Å². The molecule has 0 radical (unpaired) electrons. The molecule has 0 spiro atoms. The molecular formula is C37H42O11. The van der Waals surface area contributed by atoms with Crippen molar-refractivity contribution in [2.24, 2.45) is 5.92 Å². The zero-order valence-corrected chi connectivity index (χ0v) is 27.2. The molecular weight excluding hydrogens is 620 g/mol. The highest BCUT2D eigenvalue weighted by atomic mass is 16.7. The molecule has 1 saturated heterocycles. The van der Waals surface area contributed by atoms with Gasteiger partial charge in [-0.1, -0.05) is 24.6 Å². The Balaban J connectivity index is 1.27. The molecule has 0 amide bonds. The monoisotopic (exact) mass is 662 g/mol. The van der Waals surface area contributed by atoms with Gasteiger partial charge in [-0.25, -0.2) is 0 Å². The van der Waals surface area contributed by atoms with Crippen molar-refractivity contribution in [2.75, 3.05) is 13.7 Å². The number of allylic oxidation sites excluding steroid dienone is 1. The van der Waals surface area contributed by atoms with Crippen LogP contribution in [0.2, 0.25) is 0 Å². The molecule has 11 nitrogen and oxygen atoms in total. The Morgan fingerprint density at radius 3 is 2.62 bits per heavy atom. The zero-order valence-electron chi connectivity index (χ0n) is 27.2. The molecule has 7 atom stereocenters. The smallest absolute Gasteiger partial charge is 0.306 e. The second-order valence-corrected chi connectivity index (χ2v) is 13.3. The van der Waals surface area contributed by atoms with Crippen molar-refractivity contribution in [3.05, 3.63) is 75.9 Å². The molecule has 3 N–H and O–H groups in total. The van der Waals surface area contributed by atoms with Crippen molar-refractivity contribution in [2.45, 2.75) is 101 Å². The number of rotatable bonds is 8. The lowest BCUT2D eigenvalue weighted by Gasteiger charge is -2.42. The number of aliphatic hydroxyl groups is 3. The van der Waals surface area contributed by atoms with E-state index in [0.29, 0.717) is 11.1 Å². The molecule has 1 heterocycles. The Labute approximate surface area is 278 Å². The van der Waals surface area contributed by atoms with Crippen molar-refractivity contribution < 1.29 is 53.4 Å². The number of benzene rings is 2. The average Bonchev–Trinajstić information content (AvgIpc) is 3.05. The molecule has 0 bridgehead atoms. The number of aliphatic hydroxyl groups excluding tert-OH is 2. The number of Topliss-reactive ketones (excluding diaryl/α,β-unsaturated/α-hetero) is 1. The fraction of sp³-hybridized carbons (Fsp3) is 0.514. The lowest BCUT2D eigenvalue weighted by Crippen LogP contribution is -2.49. The Bertz CT molecular complexity index is 1630. The first-order chi connectivity index (χ1) is 23.0. The summed E-state index contributed by atoms with van der Waals surface area (Å²) in [7, 11) is 1.42. The van der Waals surface area contributed by atoms with E-state index >= 15 is 0 Å². The summed E-state index contributed by atoms with van der Waals surface area (Å²) in [5.41, 5.74) is -0.507. The van der Waals surface area contributed by atoms with Crippen LogP contribution in [0.1, 0.15) is 107 Å². The van der Waals surface area contributed by atoms with Gasteiger partial charge < -0.3 is 34.3 Å². The molecule has 11 heteroatoms. The van der Waals surface area contributed by atoms with E-state index in [2.05, 4.69) is 0 Å². The highest BCUT2D eigenvalue weighted by molar-refractivity contribution is 6.29. The molecule has 0 saturated carbocycles. The third-order valence-electron chi connectivity index (χ3n) is 10.1. The van der Waals surface area contributed by atoms with Gasteiger partial charge in [0.1, 0.15) is 24.1 Å².